The number of nitrogens with zero attached hydrogens (tertiary/aromatic N) is 1. The Morgan fingerprint density at radius 3 is 2.82 bits per heavy atom. The van der Waals surface area contributed by atoms with Gasteiger partial charge < -0.3 is 10.4 Å². The van der Waals surface area contributed by atoms with Gasteiger partial charge in [-0.3, -0.25) is 10.1 Å². The van der Waals surface area contributed by atoms with Crippen molar-refractivity contribution in [2.75, 3.05) is 10.6 Å². The maximum absolute atomic E-state index is 11.9. The number of thiazole rings is 1. The molecule has 0 atom stereocenters. The Morgan fingerprint density at radius 2 is 2.14 bits per heavy atom. The summed E-state index contributed by atoms with van der Waals surface area (Å²) in [5.41, 5.74) is 2.42. The highest BCUT2D eigenvalue weighted by molar-refractivity contribution is 7.13. The molecule has 0 spiro atoms. The molecule has 2 amide bonds. The Bertz CT molecular complexity index is 670. The van der Waals surface area contributed by atoms with E-state index in [-0.39, 0.29) is 12.5 Å². The van der Waals surface area contributed by atoms with Crippen molar-refractivity contribution in [3.63, 3.8) is 0 Å². The summed E-state index contributed by atoms with van der Waals surface area (Å²) in [5.74, 6) is -0.841. The number of carbonyl (C=O) groups is 2. The van der Waals surface area contributed by atoms with Gasteiger partial charge in [-0.05, 0) is 30.5 Å². The third kappa shape index (κ3) is 4.85. The van der Waals surface area contributed by atoms with Gasteiger partial charge in [0, 0.05) is 17.5 Å². The second-order valence-corrected chi connectivity index (χ2v) is 5.53. The molecule has 0 saturated heterocycles. The van der Waals surface area contributed by atoms with E-state index in [1.165, 1.54) is 11.3 Å². The van der Waals surface area contributed by atoms with Gasteiger partial charge in [0.05, 0.1) is 5.69 Å². The van der Waals surface area contributed by atoms with Crippen molar-refractivity contribution in [2.24, 2.45) is 0 Å². The number of anilines is 2. The highest BCUT2D eigenvalue weighted by atomic mass is 32.1. The standard InChI is InChI=1S/C15H17N3O3S/c1-2-11-9-22-15(17-11)18-14(21)16-12-5-3-4-10(8-12)6-7-13(19)20/h3-5,8-9H,2,6-7H2,1H3,(H,19,20)(H2,16,17,18,21). The summed E-state index contributed by atoms with van der Waals surface area (Å²) in [4.78, 5) is 26.7. The van der Waals surface area contributed by atoms with Crippen LogP contribution in [0.4, 0.5) is 15.6 Å². The predicted octanol–water partition coefficient (Wildman–Crippen LogP) is 3.37. The number of aromatic nitrogens is 1. The molecule has 7 heteroatoms. The zero-order valence-electron chi connectivity index (χ0n) is 12.1. The van der Waals surface area contributed by atoms with Crippen molar-refractivity contribution in [1.29, 1.82) is 0 Å². The zero-order valence-corrected chi connectivity index (χ0v) is 12.9. The molecule has 0 aliphatic heterocycles. The first kappa shape index (κ1) is 16.0. The van der Waals surface area contributed by atoms with Crippen molar-refractivity contribution in [2.45, 2.75) is 26.2 Å². The van der Waals surface area contributed by atoms with E-state index in [2.05, 4.69) is 15.6 Å². The maximum Gasteiger partial charge on any atom is 0.325 e. The third-order valence-corrected chi connectivity index (χ3v) is 3.75. The highest BCUT2D eigenvalue weighted by Gasteiger charge is 2.07. The van der Waals surface area contributed by atoms with E-state index in [9.17, 15) is 9.59 Å². The van der Waals surface area contributed by atoms with E-state index >= 15 is 0 Å². The number of aryl methyl sites for hydroxylation is 2. The van der Waals surface area contributed by atoms with Gasteiger partial charge >= 0.3 is 12.0 Å². The molecule has 0 saturated carbocycles. The number of hydrogen-bond donors (Lipinski definition) is 3. The molecule has 0 aliphatic rings. The molecule has 1 aromatic carbocycles. The number of nitrogens with one attached hydrogen (secondary N) is 2. The zero-order chi connectivity index (χ0) is 15.9. The summed E-state index contributed by atoms with van der Waals surface area (Å²) in [6.07, 6.45) is 1.32. The average Bonchev–Trinajstić information content (AvgIpc) is 2.93. The topological polar surface area (TPSA) is 91.3 Å². The smallest absolute Gasteiger partial charge is 0.325 e. The first-order valence-corrected chi connectivity index (χ1v) is 7.78. The molecule has 0 unspecified atom stereocenters. The molecule has 2 rings (SSSR count). The Morgan fingerprint density at radius 1 is 1.32 bits per heavy atom. The van der Waals surface area contributed by atoms with Crippen LogP contribution in [0.2, 0.25) is 0 Å². The number of amides is 2. The number of rotatable bonds is 6. The minimum absolute atomic E-state index is 0.0640. The van der Waals surface area contributed by atoms with Crippen LogP contribution in [0.5, 0.6) is 0 Å². The lowest BCUT2D eigenvalue weighted by Gasteiger charge is -2.07. The minimum atomic E-state index is -0.841. The highest BCUT2D eigenvalue weighted by Crippen LogP contribution is 2.17. The van der Waals surface area contributed by atoms with E-state index < -0.39 is 5.97 Å². The molecule has 0 radical (unpaired) electrons. The lowest BCUT2D eigenvalue weighted by atomic mass is 10.1. The van der Waals surface area contributed by atoms with Crippen LogP contribution >= 0.6 is 11.3 Å². The monoisotopic (exact) mass is 319 g/mol. The van der Waals surface area contributed by atoms with Gasteiger partial charge in [0.15, 0.2) is 5.13 Å². The van der Waals surface area contributed by atoms with Gasteiger partial charge in [-0.15, -0.1) is 11.3 Å². The van der Waals surface area contributed by atoms with Crippen molar-refractivity contribution in [3.05, 3.63) is 40.9 Å². The van der Waals surface area contributed by atoms with Gasteiger partial charge in [0.2, 0.25) is 0 Å². The number of carboxylic acid groups (broad SMARTS) is 1. The summed E-state index contributed by atoms with van der Waals surface area (Å²) in [7, 11) is 0. The first-order valence-electron chi connectivity index (χ1n) is 6.90. The Labute approximate surface area is 132 Å². The number of aliphatic carboxylic acids is 1. The minimum Gasteiger partial charge on any atom is -0.481 e. The van der Waals surface area contributed by atoms with Crippen molar-refractivity contribution in [1.82, 2.24) is 4.98 Å². The Hall–Kier alpha value is -2.41. The molecule has 116 valence electrons. The van der Waals surface area contributed by atoms with E-state index in [1.54, 1.807) is 18.2 Å². The van der Waals surface area contributed by atoms with E-state index in [0.29, 0.717) is 17.2 Å². The van der Waals surface area contributed by atoms with E-state index in [0.717, 1.165) is 17.7 Å². The van der Waals surface area contributed by atoms with Gasteiger partial charge in [-0.25, -0.2) is 9.78 Å². The number of benzene rings is 1. The predicted molar refractivity (Wildman–Crippen MR) is 86.5 cm³/mol. The van der Waals surface area contributed by atoms with Crippen molar-refractivity contribution >= 4 is 34.2 Å². The molecule has 1 heterocycles. The Kier molecular flexibility index (Phi) is 5.48. The number of carbonyl (C=O) groups excluding carboxylic acids is 1. The van der Waals surface area contributed by atoms with Gasteiger partial charge in [-0.1, -0.05) is 19.1 Å². The summed E-state index contributed by atoms with van der Waals surface area (Å²) < 4.78 is 0. The molecular formula is C15H17N3O3S. The molecule has 0 bridgehead atoms. The van der Waals surface area contributed by atoms with Crippen LogP contribution in [0.15, 0.2) is 29.6 Å². The number of urea groups is 1. The number of hydrogen-bond acceptors (Lipinski definition) is 4. The Balaban J connectivity index is 1.93. The van der Waals surface area contributed by atoms with Crippen LogP contribution in [-0.4, -0.2) is 22.1 Å². The van der Waals surface area contributed by atoms with Crippen LogP contribution in [0.1, 0.15) is 24.6 Å². The summed E-state index contributed by atoms with van der Waals surface area (Å²) >= 11 is 1.38. The fourth-order valence-electron chi connectivity index (χ4n) is 1.84. The lowest BCUT2D eigenvalue weighted by Crippen LogP contribution is -2.19. The molecule has 0 aliphatic carbocycles. The molecule has 22 heavy (non-hydrogen) atoms. The normalized spacial score (nSPS) is 10.2. The summed E-state index contributed by atoms with van der Waals surface area (Å²) in [6.45, 7) is 2.00. The van der Waals surface area contributed by atoms with Crippen molar-refractivity contribution in [3.8, 4) is 0 Å². The maximum atomic E-state index is 11.9. The molecule has 2 aromatic rings. The second kappa shape index (κ2) is 7.56. The molecule has 6 nitrogen and oxygen atoms in total. The quantitative estimate of drug-likeness (QED) is 0.761. The second-order valence-electron chi connectivity index (χ2n) is 4.67. The van der Waals surface area contributed by atoms with Gasteiger partial charge in [0.1, 0.15) is 0 Å². The molecule has 0 fully saturated rings. The summed E-state index contributed by atoms with van der Waals surface area (Å²) in [6, 6.07) is 6.77. The largest absolute Gasteiger partial charge is 0.481 e. The van der Waals surface area contributed by atoms with Crippen molar-refractivity contribution < 1.29 is 14.7 Å². The third-order valence-electron chi connectivity index (χ3n) is 2.95. The van der Waals surface area contributed by atoms with E-state index in [4.69, 9.17) is 5.11 Å². The first-order chi connectivity index (χ1) is 10.6. The SMILES string of the molecule is CCc1csc(NC(=O)Nc2cccc(CCC(=O)O)c2)n1. The van der Waals surface area contributed by atoms with E-state index in [1.807, 2.05) is 18.4 Å². The van der Waals surface area contributed by atoms with Crippen LogP contribution < -0.4 is 10.6 Å². The fraction of sp³-hybridized carbons (Fsp3) is 0.267. The molecule has 1 aromatic heterocycles. The van der Waals surface area contributed by atoms with Crippen LogP contribution in [-0.2, 0) is 17.6 Å². The number of carboxylic acids is 1. The van der Waals surface area contributed by atoms with Crippen LogP contribution in [0.25, 0.3) is 0 Å². The van der Waals surface area contributed by atoms with Gasteiger partial charge in [-0.2, -0.15) is 0 Å². The van der Waals surface area contributed by atoms with Crippen LogP contribution in [0, 0.1) is 0 Å². The van der Waals surface area contributed by atoms with Crippen LogP contribution in [0.3, 0.4) is 0 Å². The summed E-state index contributed by atoms with van der Waals surface area (Å²) in [5, 5.41) is 16.5. The average molecular weight is 319 g/mol. The molecular weight excluding hydrogens is 302 g/mol. The van der Waals surface area contributed by atoms with Gasteiger partial charge in [0.25, 0.3) is 0 Å². The molecule has 3 N–H and O–H groups in total. The fourth-order valence-corrected chi connectivity index (χ4v) is 2.63. The lowest BCUT2D eigenvalue weighted by molar-refractivity contribution is -0.136.